The number of pyridine rings is 1. The first-order chi connectivity index (χ1) is 13.7. The predicted octanol–water partition coefficient (Wildman–Crippen LogP) is 2.99. The molecule has 1 aliphatic heterocycles. The van der Waals surface area contributed by atoms with E-state index in [1.807, 2.05) is 60.1 Å². The molecule has 2 N–H and O–H groups in total. The Balaban J connectivity index is 1.38. The number of halogens is 1. The molecular formula is C20H22BrN5O2. The molecule has 7 nitrogen and oxygen atoms in total. The van der Waals surface area contributed by atoms with Gasteiger partial charge in [0.15, 0.2) is 17.5 Å². The molecule has 146 valence electrons. The van der Waals surface area contributed by atoms with Gasteiger partial charge in [-0.3, -0.25) is 0 Å². The zero-order valence-electron chi connectivity index (χ0n) is 15.6. The zero-order valence-corrected chi connectivity index (χ0v) is 17.1. The molecule has 1 atom stereocenters. The maximum Gasteiger partial charge on any atom is 0.191 e. The normalized spacial score (nSPS) is 16.2. The Kier molecular flexibility index (Phi) is 5.66. The van der Waals surface area contributed by atoms with Crippen molar-refractivity contribution in [3.05, 3.63) is 59.0 Å². The number of nitrogens with zero attached hydrogens (tertiary/aromatic N) is 3. The molecule has 0 saturated carbocycles. The van der Waals surface area contributed by atoms with Crippen LogP contribution in [-0.4, -0.2) is 41.1 Å². The Morgan fingerprint density at radius 1 is 1.21 bits per heavy atom. The molecule has 0 bridgehead atoms. The number of guanidine groups is 1. The summed E-state index contributed by atoms with van der Waals surface area (Å²) in [6, 6.07) is 11.7. The third kappa shape index (κ3) is 4.39. The summed E-state index contributed by atoms with van der Waals surface area (Å²) in [5.74, 6) is 2.29. The maximum atomic E-state index is 5.98. The Labute approximate surface area is 171 Å². The molecule has 0 fully saturated rings. The van der Waals surface area contributed by atoms with Crippen LogP contribution in [0.5, 0.6) is 11.5 Å². The Bertz CT molecular complexity index is 988. The van der Waals surface area contributed by atoms with Crippen molar-refractivity contribution in [3.63, 3.8) is 0 Å². The number of benzene rings is 1. The second-order valence-electron chi connectivity index (χ2n) is 6.42. The van der Waals surface area contributed by atoms with E-state index in [0.717, 1.165) is 39.8 Å². The topological polar surface area (TPSA) is 72.2 Å². The third-order valence-electron chi connectivity index (χ3n) is 4.27. The second-order valence-corrected chi connectivity index (χ2v) is 7.33. The SMILES string of the molecule is CCNC(=NCc1cn2cc(Br)ccc2n1)NCC1COc2ccccc2O1. The van der Waals surface area contributed by atoms with E-state index in [-0.39, 0.29) is 6.10 Å². The first kappa shape index (κ1) is 18.6. The van der Waals surface area contributed by atoms with E-state index in [9.17, 15) is 0 Å². The number of ether oxygens (including phenoxy) is 2. The van der Waals surface area contributed by atoms with Crippen LogP contribution in [-0.2, 0) is 6.54 Å². The molecule has 1 aliphatic rings. The van der Waals surface area contributed by atoms with Gasteiger partial charge in [0.2, 0.25) is 0 Å². The van der Waals surface area contributed by atoms with Crippen LogP contribution in [0.4, 0.5) is 0 Å². The lowest BCUT2D eigenvalue weighted by Crippen LogP contribution is -2.45. The minimum Gasteiger partial charge on any atom is -0.486 e. The van der Waals surface area contributed by atoms with E-state index < -0.39 is 0 Å². The van der Waals surface area contributed by atoms with Crippen molar-refractivity contribution in [1.82, 2.24) is 20.0 Å². The van der Waals surface area contributed by atoms with Gasteiger partial charge in [-0.05, 0) is 47.1 Å². The fraction of sp³-hybridized carbons (Fsp3) is 0.300. The van der Waals surface area contributed by atoms with Crippen molar-refractivity contribution in [2.24, 2.45) is 4.99 Å². The highest BCUT2D eigenvalue weighted by atomic mass is 79.9. The van der Waals surface area contributed by atoms with Gasteiger partial charge in [-0.25, -0.2) is 9.98 Å². The molecule has 3 aromatic rings. The highest BCUT2D eigenvalue weighted by molar-refractivity contribution is 9.10. The molecule has 1 aromatic carbocycles. The minimum atomic E-state index is -0.0775. The predicted molar refractivity (Wildman–Crippen MR) is 112 cm³/mol. The standard InChI is InChI=1S/C20H22BrN5O2/c1-2-22-20(23-9-15-12-26-11-14(21)7-8-19(26)25-15)24-10-16-13-27-17-5-3-4-6-18(17)28-16/h3-8,11-12,16H,2,9-10,13H2,1H3,(H2,22,23,24). The minimum absolute atomic E-state index is 0.0775. The van der Waals surface area contributed by atoms with E-state index in [1.54, 1.807) is 0 Å². The Hall–Kier alpha value is -2.74. The molecule has 3 heterocycles. The summed E-state index contributed by atoms with van der Waals surface area (Å²) in [7, 11) is 0. The van der Waals surface area contributed by atoms with Gasteiger partial charge in [-0.1, -0.05) is 12.1 Å². The van der Waals surface area contributed by atoms with Crippen LogP contribution in [0.25, 0.3) is 5.65 Å². The van der Waals surface area contributed by atoms with Gasteiger partial charge in [-0.2, -0.15) is 0 Å². The van der Waals surface area contributed by atoms with E-state index in [1.165, 1.54) is 0 Å². The van der Waals surface area contributed by atoms with Crippen LogP contribution in [0.15, 0.2) is 58.3 Å². The largest absolute Gasteiger partial charge is 0.486 e. The molecule has 4 rings (SSSR count). The number of para-hydroxylation sites is 2. The summed E-state index contributed by atoms with van der Waals surface area (Å²) in [6.07, 6.45) is 3.89. The molecule has 8 heteroatoms. The van der Waals surface area contributed by atoms with Crippen molar-refractivity contribution in [2.75, 3.05) is 19.7 Å². The third-order valence-corrected chi connectivity index (χ3v) is 4.74. The fourth-order valence-electron chi connectivity index (χ4n) is 2.97. The summed E-state index contributed by atoms with van der Waals surface area (Å²) in [5.41, 5.74) is 1.80. The smallest absolute Gasteiger partial charge is 0.191 e. The summed E-state index contributed by atoms with van der Waals surface area (Å²) < 4.78 is 14.7. The molecule has 0 saturated heterocycles. The van der Waals surface area contributed by atoms with Crippen LogP contribution >= 0.6 is 15.9 Å². The van der Waals surface area contributed by atoms with E-state index >= 15 is 0 Å². The lowest BCUT2D eigenvalue weighted by Gasteiger charge is -2.27. The molecule has 0 aliphatic carbocycles. The number of fused-ring (bicyclic) bond motifs is 2. The van der Waals surface area contributed by atoms with Gasteiger partial charge in [0.1, 0.15) is 18.4 Å². The second kappa shape index (κ2) is 8.52. The lowest BCUT2D eigenvalue weighted by atomic mass is 10.2. The number of nitrogens with one attached hydrogen (secondary N) is 2. The first-order valence-corrected chi connectivity index (χ1v) is 10.0. The highest BCUT2D eigenvalue weighted by Crippen LogP contribution is 2.30. The lowest BCUT2D eigenvalue weighted by molar-refractivity contribution is 0.0936. The number of imidazole rings is 1. The van der Waals surface area contributed by atoms with Crippen molar-refractivity contribution < 1.29 is 9.47 Å². The zero-order chi connectivity index (χ0) is 19.3. The average molecular weight is 444 g/mol. The van der Waals surface area contributed by atoms with Gasteiger partial charge >= 0.3 is 0 Å². The number of hydrogen-bond donors (Lipinski definition) is 2. The van der Waals surface area contributed by atoms with Crippen LogP contribution in [0.1, 0.15) is 12.6 Å². The van der Waals surface area contributed by atoms with E-state index in [4.69, 9.17) is 9.47 Å². The number of rotatable bonds is 5. The van der Waals surface area contributed by atoms with Crippen LogP contribution < -0.4 is 20.1 Å². The molecule has 1 unspecified atom stereocenters. The summed E-state index contributed by atoms with van der Waals surface area (Å²) in [4.78, 5) is 9.24. The molecule has 28 heavy (non-hydrogen) atoms. The summed E-state index contributed by atoms with van der Waals surface area (Å²) in [5, 5.41) is 6.58. The number of hydrogen-bond acceptors (Lipinski definition) is 4. The van der Waals surface area contributed by atoms with Crippen LogP contribution in [0, 0.1) is 0 Å². The fourth-order valence-corrected chi connectivity index (χ4v) is 3.32. The van der Waals surface area contributed by atoms with Crippen molar-refractivity contribution in [1.29, 1.82) is 0 Å². The van der Waals surface area contributed by atoms with Crippen molar-refractivity contribution in [3.8, 4) is 11.5 Å². The van der Waals surface area contributed by atoms with Crippen LogP contribution in [0.3, 0.4) is 0 Å². The van der Waals surface area contributed by atoms with Gasteiger partial charge < -0.3 is 24.5 Å². The van der Waals surface area contributed by atoms with Gasteiger partial charge in [0.05, 0.1) is 18.8 Å². The monoisotopic (exact) mass is 443 g/mol. The summed E-state index contributed by atoms with van der Waals surface area (Å²) in [6.45, 7) is 4.40. The van der Waals surface area contributed by atoms with Crippen LogP contribution in [0.2, 0.25) is 0 Å². The maximum absolute atomic E-state index is 5.98. The highest BCUT2D eigenvalue weighted by Gasteiger charge is 2.20. The van der Waals surface area contributed by atoms with Crippen molar-refractivity contribution in [2.45, 2.75) is 19.6 Å². The molecular weight excluding hydrogens is 422 g/mol. The first-order valence-electron chi connectivity index (χ1n) is 9.25. The van der Waals surface area contributed by atoms with E-state index in [0.29, 0.717) is 19.7 Å². The Morgan fingerprint density at radius 3 is 2.93 bits per heavy atom. The van der Waals surface area contributed by atoms with E-state index in [2.05, 4.69) is 36.5 Å². The molecule has 0 radical (unpaired) electrons. The molecule has 0 spiro atoms. The van der Waals surface area contributed by atoms with Gasteiger partial charge in [0, 0.05) is 23.4 Å². The average Bonchev–Trinajstić information content (AvgIpc) is 3.12. The van der Waals surface area contributed by atoms with Crippen molar-refractivity contribution >= 4 is 27.5 Å². The molecule has 0 amide bonds. The molecule has 2 aromatic heterocycles. The quantitative estimate of drug-likeness (QED) is 0.468. The number of aliphatic imine (C=N–C) groups is 1. The van der Waals surface area contributed by atoms with Gasteiger partial charge in [0.25, 0.3) is 0 Å². The Morgan fingerprint density at radius 2 is 2.07 bits per heavy atom. The van der Waals surface area contributed by atoms with Gasteiger partial charge in [-0.15, -0.1) is 0 Å². The number of aromatic nitrogens is 2. The summed E-state index contributed by atoms with van der Waals surface area (Å²) >= 11 is 3.47.